The first-order valence-electron chi connectivity index (χ1n) is 7.35. The van der Waals surface area contributed by atoms with Crippen LogP contribution < -0.4 is 10.2 Å². The van der Waals surface area contributed by atoms with Gasteiger partial charge in [-0.3, -0.25) is 14.5 Å². The summed E-state index contributed by atoms with van der Waals surface area (Å²) < 4.78 is 0. The Balaban J connectivity index is 1.81. The van der Waals surface area contributed by atoms with Crippen LogP contribution in [0.3, 0.4) is 0 Å². The maximum absolute atomic E-state index is 12.6. The van der Waals surface area contributed by atoms with E-state index in [1.807, 2.05) is 31.2 Å². The number of para-hydroxylation sites is 1. The van der Waals surface area contributed by atoms with Crippen LogP contribution in [-0.2, 0) is 16.0 Å². The van der Waals surface area contributed by atoms with Crippen LogP contribution in [0.5, 0.6) is 0 Å². The molecule has 6 nitrogen and oxygen atoms in total. The molecule has 3 rings (SSSR count). The van der Waals surface area contributed by atoms with E-state index in [1.54, 1.807) is 18.7 Å². The smallest absolute Gasteiger partial charge is 0.324 e. The van der Waals surface area contributed by atoms with Gasteiger partial charge < -0.3 is 10.2 Å². The average molecular weight is 301 g/mol. The van der Waals surface area contributed by atoms with Crippen LogP contribution in [0, 0.1) is 0 Å². The molecular weight excluding hydrogens is 282 g/mol. The minimum atomic E-state index is -0.952. The number of fused-ring (bicyclic) bond motifs is 1. The molecule has 116 valence electrons. The number of benzene rings is 1. The van der Waals surface area contributed by atoms with Crippen molar-refractivity contribution in [2.75, 3.05) is 11.4 Å². The van der Waals surface area contributed by atoms with Crippen molar-refractivity contribution in [1.82, 2.24) is 10.2 Å². The lowest BCUT2D eigenvalue weighted by Gasteiger charge is -2.25. The Morgan fingerprint density at radius 1 is 1.32 bits per heavy atom. The van der Waals surface area contributed by atoms with E-state index in [9.17, 15) is 14.4 Å². The molecule has 0 bridgehead atoms. The SMILES string of the molecule is CC1Cc2ccccc2N1C(=O)CN1C(=O)NC(C)(C)C1=O. The first kappa shape index (κ1) is 14.6. The third-order valence-corrected chi connectivity index (χ3v) is 4.21. The standard InChI is InChI=1S/C16H19N3O3/c1-10-8-11-6-4-5-7-12(11)19(10)13(20)9-18-14(21)16(2,3)17-15(18)22/h4-7,10H,8-9H2,1-3H3,(H,17,22). The molecule has 6 heteroatoms. The molecule has 2 aliphatic heterocycles. The molecule has 0 aromatic heterocycles. The second-order valence-electron chi connectivity index (χ2n) is 6.39. The predicted octanol–water partition coefficient (Wildman–Crippen LogP) is 1.29. The van der Waals surface area contributed by atoms with Crippen molar-refractivity contribution in [3.8, 4) is 0 Å². The molecule has 4 amide bonds. The zero-order valence-electron chi connectivity index (χ0n) is 12.9. The molecule has 2 heterocycles. The van der Waals surface area contributed by atoms with E-state index in [2.05, 4.69) is 5.32 Å². The van der Waals surface area contributed by atoms with Crippen LogP contribution in [0.2, 0.25) is 0 Å². The van der Waals surface area contributed by atoms with Gasteiger partial charge in [0.25, 0.3) is 5.91 Å². The summed E-state index contributed by atoms with van der Waals surface area (Å²) in [4.78, 5) is 39.4. The van der Waals surface area contributed by atoms with Gasteiger partial charge in [0.05, 0.1) is 0 Å². The lowest BCUT2D eigenvalue weighted by atomic mass is 10.1. The second kappa shape index (κ2) is 4.83. The molecule has 0 radical (unpaired) electrons. The number of imide groups is 1. The summed E-state index contributed by atoms with van der Waals surface area (Å²) in [6, 6.07) is 7.23. The zero-order valence-corrected chi connectivity index (χ0v) is 12.9. The summed E-state index contributed by atoms with van der Waals surface area (Å²) in [6.07, 6.45) is 0.785. The van der Waals surface area contributed by atoms with Crippen LogP contribution in [0.25, 0.3) is 0 Å². The van der Waals surface area contributed by atoms with Crippen LogP contribution in [0.15, 0.2) is 24.3 Å². The Kier molecular flexibility index (Phi) is 3.20. The van der Waals surface area contributed by atoms with Crippen LogP contribution in [-0.4, -0.2) is 40.9 Å². The van der Waals surface area contributed by atoms with Gasteiger partial charge in [-0.2, -0.15) is 0 Å². The number of hydrogen-bond donors (Lipinski definition) is 1. The molecule has 1 fully saturated rings. The highest BCUT2D eigenvalue weighted by Gasteiger charge is 2.46. The van der Waals surface area contributed by atoms with Gasteiger partial charge in [0, 0.05) is 11.7 Å². The number of urea groups is 1. The van der Waals surface area contributed by atoms with Crippen molar-refractivity contribution in [1.29, 1.82) is 0 Å². The zero-order chi connectivity index (χ0) is 16.1. The van der Waals surface area contributed by atoms with E-state index >= 15 is 0 Å². The summed E-state index contributed by atoms with van der Waals surface area (Å²) >= 11 is 0. The first-order chi connectivity index (χ1) is 10.3. The Morgan fingerprint density at radius 3 is 2.64 bits per heavy atom. The number of carbonyl (C=O) groups excluding carboxylic acids is 3. The van der Waals surface area contributed by atoms with Crippen molar-refractivity contribution in [3.63, 3.8) is 0 Å². The Hall–Kier alpha value is -2.37. The fraction of sp³-hybridized carbons (Fsp3) is 0.438. The first-order valence-corrected chi connectivity index (χ1v) is 7.35. The summed E-state index contributed by atoms with van der Waals surface area (Å²) in [5.74, 6) is -0.607. The van der Waals surface area contributed by atoms with Gasteiger partial charge in [0.2, 0.25) is 5.91 Å². The van der Waals surface area contributed by atoms with Gasteiger partial charge >= 0.3 is 6.03 Å². The summed E-state index contributed by atoms with van der Waals surface area (Å²) in [7, 11) is 0. The molecule has 22 heavy (non-hydrogen) atoms. The number of carbonyl (C=O) groups is 3. The summed E-state index contributed by atoms with van der Waals surface area (Å²) in [6.45, 7) is 5.00. The maximum atomic E-state index is 12.6. The fourth-order valence-corrected chi connectivity index (χ4v) is 3.12. The third-order valence-electron chi connectivity index (χ3n) is 4.21. The van der Waals surface area contributed by atoms with E-state index in [-0.39, 0.29) is 24.4 Å². The lowest BCUT2D eigenvalue weighted by molar-refractivity contribution is -0.133. The molecule has 0 saturated carbocycles. The maximum Gasteiger partial charge on any atom is 0.325 e. The highest BCUT2D eigenvalue weighted by Crippen LogP contribution is 2.32. The summed E-state index contributed by atoms with van der Waals surface area (Å²) in [5.41, 5.74) is 1.03. The Labute approximate surface area is 129 Å². The van der Waals surface area contributed by atoms with Crippen molar-refractivity contribution in [2.24, 2.45) is 0 Å². The van der Waals surface area contributed by atoms with E-state index in [1.165, 1.54) is 0 Å². The average Bonchev–Trinajstić information content (AvgIpc) is 2.87. The largest absolute Gasteiger partial charge is 0.325 e. The van der Waals surface area contributed by atoms with E-state index in [4.69, 9.17) is 0 Å². The number of nitrogens with one attached hydrogen (secondary N) is 1. The number of rotatable bonds is 2. The number of anilines is 1. The minimum absolute atomic E-state index is 0.0266. The Morgan fingerprint density at radius 2 is 2.00 bits per heavy atom. The quantitative estimate of drug-likeness (QED) is 0.837. The van der Waals surface area contributed by atoms with Crippen molar-refractivity contribution >= 4 is 23.5 Å². The minimum Gasteiger partial charge on any atom is -0.324 e. The fourth-order valence-electron chi connectivity index (χ4n) is 3.12. The van der Waals surface area contributed by atoms with Crippen LogP contribution in [0.4, 0.5) is 10.5 Å². The van der Waals surface area contributed by atoms with Gasteiger partial charge in [0.1, 0.15) is 12.1 Å². The highest BCUT2D eigenvalue weighted by atomic mass is 16.2. The van der Waals surface area contributed by atoms with Gasteiger partial charge in [-0.25, -0.2) is 4.79 Å². The van der Waals surface area contributed by atoms with Crippen LogP contribution in [0.1, 0.15) is 26.3 Å². The van der Waals surface area contributed by atoms with Gasteiger partial charge in [0.15, 0.2) is 0 Å². The molecule has 1 aromatic carbocycles. The predicted molar refractivity (Wildman–Crippen MR) is 81.4 cm³/mol. The summed E-state index contributed by atoms with van der Waals surface area (Å²) in [5, 5.41) is 2.59. The topological polar surface area (TPSA) is 69.7 Å². The molecule has 0 spiro atoms. The highest BCUT2D eigenvalue weighted by molar-refractivity contribution is 6.10. The number of hydrogen-bond acceptors (Lipinski definition) is 3. The van der Waals surface area contributed by atoms with Crippen LogP contribution >= 0.6 is 0 Å². The number of nitrogens with zero attached hydrogens (tertiary/aromatic N) is 2. The Bertz CT molecular complexity index is 668. The molecule has 1 atom stereocenters. The lowest BCUT2D eigenvalue weighted by Crippen LogP contribution is -2.46. The second-order valence-corrected chi connectivity index (χ2v) is 6.39. The van der Waals surface area contributed by atoms with Gasteiger partial charge in [-0.15, -0.1) is 0 Å². The van der Waals surface area contributed by atoms with Crippen molar-refractivity contribution in [2.45, 2.75) is 38.8 Å². The normalized spacial score (nSPS) is 22.8. The van der Waals surface area contributed by atoms with E-state index in [0.29, 0.717) is 0 Å². The number of amides is 4. The van der Waals surface area contributed by atoms with Gasteiger partial charge in [-0.1, -0.05) is 18.2 Å². The van der Waals surface area contributed by atoms with Crippen molar-refractivity contribution in [3.05, 3.63) is 29.8 Å². The molecule has 1 unspecified atom stereocenters. The molecule has 2 aliphatic rings. The molecule has 0 aliphatic carbocycles. The van der Waals surface area contributed by atoms with Gasteiger partial charge in [-0.05, 0) is 38.8 Å². The van der Waals surface area contributed by atoms with E-state index in [0.717, 1.165) is 22.6 Å². The molecular formula is C16H19N3O3. The van der Waals surface area contributed by atoms with Crippen molar-refractivity contribution < 1.29 is 14.4 Å². The monoisotopic (exact) mass is 301 g/mol. The molecule has 1 N–H and O–H groups in total. The third kappa shape index (κ3) is 2.15. The van der Waals surface area contributed by atoms with E-state index < -0.39 is 11.6 Å². The molecule has 1 aromatic rings. The molecule has 1 saturated heterocycles.